The molecule has 1 fully saturated rings. The van der Waals surface area contributed by atoms with Crippen molar-refractivity contribution < 1.29 is 9.53 Å². The van der Waals surface area contributed by atoms with Crippen molar-refractivity contribution in [3.63, 3.8) is 0 Å². The summed E-state index contributed by atoms with van der Waals surface area (Å²) in [6.07, 6.45) is 0. The highest BCUT2D eigenvalue weighted by Crippen LogP contribution is 2.31. The summed E-state index contributed by atoms with van der Waals surface area (Å²) < 4.78 is 5.33. The van der Waals surface area contributed by atoms with Gasteiger partial charge in [0.2, 0.25) is 0 Å². The highest BCUT2D eigenvalue weighted by atomic mass is 32.1. The molecule has 1 aliphatic rings. The van der Waals surface area contributed by atoms with Crippen LogP contribution in [0.15, 0.2) is 18.2 Å². The smallest absolute Gasteiger partial charge is 0.265 e. The summed E-state index contributed by atoms with van der Waals surface area (Å²) in [6, 6.07) is 6.54. The second-order valence-corrected chi connectivity index (χ2v) is 8.04. The maximum atomic E-state index is 13.0. The van der Waals surface area contributed by atoms with Crippen LogP contribution in [-0.4, -0.2) is 60.0 Å². The van der Waals surface area contributed by atoms with Crippen molar-refractivity contribution in [2.24, 2.45) is 0 Å². The van der Waals surface area contributed by atoms with E-state index < -0.39 is 0 Å². The SMILES string of the molecule is COc1ccc(-c2nc(C)c(C(=O)N3CCN(C(C)C)CC3)s2)cc1C. The average Bonchev–Trinajstić information content (AvgIpc) is 3.02. The summed E-state index contributed by atoms with van der Waals surface area (Å²) in [5.74, 6) is 0.973. The van der Waals surface area contributed by atoms with E-state index in [1.807, 2.05) is 30.9 Å². The van der Waals surface area contributed by atoms with Gasteiger partial charge in [0.25, 0.3) is 5.91 Å². The Morgan fingerprint density at radius 3 is 2.46 bits per heavy atom. The summed E-state index contributed by atoms with van der Waals surface area (Å²) in [6.45, 7) is 11.8. The standard InChI is InChI=1S/C20H27N3O2S/c1-13(2)22-8-10-23(11-9-22)20(24)18-15(4)21-19(26-18)16-6-7-17(25-5)14(3)12-16/h6-7,12-13H,8-11H2,1-5H3. The number of methoxy groups -OCH3 is 1. The van der Waals surface area contributed by atoms with E-state index in [0.717, 1.165) is 58.6 Å². The number of benzene rings is 1. The molecule has 0 bridgehead atoms. The number of hydrogen-bond acceptors (Lipinski definition) is 5. The first kappa shape index (κ1) is 18.9. The Labute approximate surface area is 159 Å². The minimum Gasteiger partial charge on any atom is -0.496 e. The zero-order valence-corrected chi connectivity index (χ0v) is 17.0. The van der Waals surface area contributed by atoms with Gasteiger partial charge in [-0.05, 0) is 51.5 Å². The van der Waals surface area contributed by atoms with Crippen LogP contribution < -0.4 is 4.74 Å². The minimum absolute atomic E-state index is 0.111. The van der Waals surface area contributed by atoms with E-state index in [4.69, 9.17) is 4.74 Å². The Morgan fingerprint density at radius 2 is 1.88 bits per heavy atom. The molecule has 0 aliphatic carbocycles. The maximum absolute atomic E-state index is 13.0. The van der Waals surface area contributed by atoms with E-state index in [9.17, 15) is 4.79 Å². The van der Waals surface area contributed by atoms with Gasteiger partial charge in [-0.3, -0.25) is 9.69 Å². The van der Waals surface area contributed by atoms with Crippen LogP contribution in [0.4, 0.5) is 0 Å². The largest absolute Gasteiger partial charge is 0.496 e. The zero-order chi connectivity index (χ0) is 18.8. The van der Waals surface area contributed by atoms with E-state index in [-0.39, 0.29) is 5.91 Å². The molecule has 0 saturated carbocycles. The number of ether oxygens (including phenoxy) is 1. The molecule has 140 valence electrons. The molecule has 1 aromatic carbocycles. The third-order valence-electron chi connectivity index (χ3n) is 4.96. The molecule has 2 aromatic rings. The number of aromatic nitrogens is 1. The summed E-state index contributed by atoms with van der Waals surface area (Å²) in [5.41, 5.74) is 2.91. The van der Waals surface area contributed by atoms with Gasteiger partial charge in [0.15, 0.2) is 0 Å². The van der Waals surface area contributed by atoms with Gasteiger partial charge in [0.05, 0.1) is 12.8 Å². The van der Waals surface area contributed by atoms with Crippen LogP contribution in [0.1, 0.15) is 34.8 Å². The first-order valence-electron chi connectivity index (χ1n) is 9.06. The van der Waals surface area contributed by atoms with Crippen LogP contribution in [0.25, 0.3) is 10.6 Å². The molecule has 0 radical (unpaired) electrons. The zero-order valence-electron chi connectivity index (χ0n) is 16.2. The fraction of sp³-hybridized carbons (Fsp3) is 0.500. The van der Waals surface area contributed by atoms with Crippen LogP contribution in [-0.2, 0) is 0 Å². The molecule has 1 aliphatic heterocycles. The second-order valence-electron chi connectivity index (χ2n) is 7.04. The van der Waals surface area contributed by atoms with Crippen molar-refractivity contribution in [1.29, 1.82) is 0 Å². The molecule has 2 heterocycles. The molecular formula is C20H27N3O2S. The van der Waals surface area contributed by atoms with Crippen LogP contribution >= 0.6 is 11.3 Å². The van der Waals surface area contributed by atoms with Gasteiger partial charge in [0.1, 0.15) is 15.6 Å². The summed E-state index contributed by atoms with van der Waals surface area (Å²) >= 11 is 1.49. The van der Waals surface area contributed by atoms with Crippen molar-refractivity contribution in [3.05, 3.63) is 34.3 Å². The monoisotopic (exact) mass is 373 g/mol. The van der Waals surface area contributed by atoms with E-state index in [1.165, 1.54) is 11.3 Å². The van der Waals surface area contributed by atoms with Gasteiger partial charge in [0, 0.05) is 37.8 Å². The molecule has 1 amide bonds. The van der Waals surface area contributed by atoms with Gasteiger partial charge < -0.3 is 9.64 Å². The molecule has 1 saturated heterocycles. The lowest BCUT2D eigenvalue weighted by Crippen LogP contribution is -2.50. The number of carbonyl (C=O) groups excluding carboxylic acids is 1. The summed E-state index contributed by atoms with van der Waals surface area (Å²) in [5, 5.41) is 0.886. The Balaban J connectivity index is 1.78. The van der Waals surface area contributed by atoms with Crippen molar-refractivity contribution in [2.45, 2.75) is 33.7 Å². The lowest BCUT2D eigenvalue weighted by atomic mass is 10.1. The molecule has 6 heteroatoms. The number of thiazole rings is 1. The quantitative estimate of drug-likeness (QED) is 0.821. The third kappa shape index (κ3) is 3.76. The third-order valence-corrected chi connectivity index (χ3v) is 6.16. The topological polar surface area (TPSA) is 45.7 Å². The maximum Gasteiger partial charge on any atom is 0.265 e. The number of carbonyl (C=O) groups is 1. The molecular weight excluding hydrogens is 346 g/mol. The molecule has 1 aromatic heterocycles. The van der Waals surface area contributed by atoms with Crippen LogP contribution in [0.3, 0.4) is 0 Å². The van der Waals surface area contributed by atoms with Crippen LogP contribution in [0, 0.1) is 13.8 Å². The van der Waals surface area contributed by atoms with Gasteiger partial charge >= 0.3 is 0 Å². The van der Waals surface area contributed by atoms with Gasteiger partial charge in [-0.1, -0.05) is 0 Å². The van der Waals surface area contributed by atoms with E-state index >= 15 is 0 Å². The Bertz CT molecular complexity index is 792. The first-order valence-corrected chi connectivity index (χ1v) is 9.88. The minimum atomic E-state index is 0.111. The Hall–Kier alpha value is -1.92. The average molecular weight is 374 g/mol. The normalized spacial score (nSPS) is 15.5. The number of rotatable bonds is 4. The molecule has 0 unspecified atom stereocenters. The number of amides is 1. The van der Waals surface area contributed by atoms with Gasteiger partial charge in [-0.25, -0.2) is 4.98 Å². The van der Waals surface area contributed by atoms with Crippen molar-refractivity contribution in [3.8, 4) is 16.3 Å². The predicted octanol–water partition coefficient (Wildman–Crippen LogP) is 3.60. The van der Waals surface area contributed by atoms with E-state index in [1.54, 1.807) is 7.11 Å². The van der Waals surface area contributed by atoms with Crippen molar-refractivity contribution in [1.82, 2.24) is 14.8 Å². The molecule has 5 nitrogen and oxygen atoms in total. The Kier molecular flexibility index (Phi) is 5.63. The highest BCUT2D eigenvalue weighted by molar-refractivity contribution is 7.17. The van der Waals surface area contributed by atoms with Gasteiger partial charge in [-0.15, -0.1) is 11.3 Å². The summed E-state index contributed by atoms with van der Waals surface area (Å²) in [7, 11) is 1.67. The second kappa shape index (κ2) is 7.76. The number of aryl methyl sites for hydroxylation is 2. The Morgan fingerprint density at radius 1 is 1.19 bits per heavy atom. The van der Waals surface area contributed by atoms with E-state index in [0.29, 0.717) is 6.04 Å². The number of piperazine rings is 1. The molecule has 0 N–H and O–H groups in total. The van der Waals surface area contributed by atoms with Gasteiger partial charge in [-0.2, -0.15) is 0 Å². The van der Waals surface area contributed by atoms with Crippen LogP contribution in [0.5, 0.6) is 5.75 Å². The lowest BCUT2D eigenvalue weighted by Gasteiger charge is -2.36. The molecule has 0 atom stereocenters. The summed E-state index contributed by atoms with van der Waals surface area (Å²) in [4.78, 5) is 22.8. The molecule has 3 rings (SSSR count). The van der Waals surface area contributed by atoms with E-state index in [2.05, 4.69) is 29.8 Å². The fourth-order valence-electron chi connectivity index (χ4n) is 3.31. The highest BCUT2D eigenvalue weighted by Gasteiger charge is 2.26. The van der Waals surface area contributed by atoms with Crippen molar-refractivity contribution in [2.75, 3.05) is 33.3 Å². The fourth-order valence-corrected chi connectivity index (χ4v) is 4.35. The predicted molar refractivity (Wildman–Crippen MR) is 106 cm³/mol. The number of hydrogen-bond donors (Lipinski definition) is 0. The molecule has 0 spiro atoms. The first-order chi connectivity index (χ1) is 12.4. The van der Waals surface area contributed by atoms with Crippen molar-refractivity contribution >= 4 is 17.2 Å². The van der Waals surface area contributed by atoms with Crippen LogP contribution in [0.2, 0.25) is 0 Å². The lowest BCUT2D eigenvalue weighted by molar-refractivity contribution is 0.0599. The number of nitrogens with zero attached hydrogens (tertiary/aromatic N) is 3. The molecule has 26 heavy (non-hydrogen) atoms.